The Labute approximate surface area is 164 Å². The van der Waals surface area contributed by atoms with Crippen molar-refractivity contribution >= 4 is 0 Å². The zero-order valence-corrected chi connectivity index (χ0v) is 17.7. The van der Waals surface area contributed by atoms with Gasteiger partial charge >= 0.3 is 0 Å². The molecule has 2 atom stereocenters. The molecule has 0 nitrogen and oxygen atoms in total. The Morgan fingerprint density at radius 2 is 0.923 bits per heavy atom. The van der Waals surface area contributed by atoms with E-state index in [2.05, 4.69) is 0 Å². The van der Waals surface area contributed by atoms with Crippen LogP contribution in [0.2, 0.25) is 0 Å². The first-order chi connectivity index (χ1) is 12.9. The fourth-order valence-electron chi connectivity index (χ4n) is 8.32. The van der Waals surface area contributed by atoms with Crippen LogP contribution in [0.3, 0.4) is 0 Å². The molecule has 26 heavy (non-hydrogen) atoms. The first-order valence-electron chi connectivity index (χ1n) is 12.9. The van der Waals surface area contributed by atoms with E-state index >= 15 is 0 Å². The van der Waals surface area contributed by atoms with Crippen LogP contribution in [0, 0.1) is 29.1 Å². The molecule has 0 spiro atoms. The van der Waals surface area contributed by atoms with Gasteiger partial charge in [-0.05, 0) is 67.6 Å². The molecule has 0 N–H and O–H groups in total. The first kappa shape index (κ1) is 19.3. The van der Waals surface area contributed by atoms with Crippen molar-refractivity contribution in [2.24, 2.45) is 29.1 Å². The van der Waals surface area contributed by atoms with Crippen LogP contribution in [-0.2, 0) is 0 Å². The summed E-state index contributed by atoms with van der Waals surface area (Å²) in [7, 11) is 0. The average molecular weight is 359 g/mol. The van der Waals surface area contributed by atoms with Gasteiger partial charge < -0.3 is 0 Å². The molecule has 4 aliphatic rings. The topological polar surface area (TPSA) is 0 Å². The molecule has 150 valence electrons. The Balaban J connectivity index is 1.64. The highest BCUT2D eigenvalue weighted by Gasteiger charge is 2.49. The summed E-state index contributed by atoms with van der Waals surface area (Å²) >= 11 is 0. The minimum atomic E-state index is 0.765. The van der Waals surface area contributed by atoms with E-state index in [-0.39, 0.29) is 0 Å². The van der Waals surface area contributed by atoms with Gasteiger partial charge in [0, 0.05) is 0 Å². The van der Waals surface area contributed by atoms with Crippen molar-refractivity contribution in [1.29, 1.82) is 0 Å². The molecule has 0 saturated heterocycles. The van der Waals surface area contributed by atoms with Gasteiger partial charge in [-0.1, -0.05) is 96.3 Å². The number of rotatable bonds is 3. The van der Waals surface area contributed by atoms with Crippen molar-refractivity contribution in [3.8, 4) is 0 Å². The second-order valence-electron chi connectivity index (χ2n) is 10.8. The predicted octanol–water partition coefficient (Wildman–Crippen LogP) is 8.68. The molecule has 2 unspecified atom stereocenters. The highest BCUT2D eigenvalue weighted by Crippen LogP contribution is 2.58. The van der Waals surface area contributed by atoms with Crippen LogP contribution in [0.5, 0.6) is 0 Å². The molecule has 4 saturated carbocycles. The molecular weight excluding hydrogens is 312 g/mol. The molecule has 0 aromatic rings. The Morgan fingerprint density at radius 3 is 1.62 bits per heavy atom. The van der Waals surface area contributed by atoms with Gasteiger partial charge in [-0.2, -0.15) is 0 Å². The second kappa shape index (κ2) is 9.47. The SMILES string of the molecule is C1CCCC(C2(C3CCCCC3)CCCCCC2)C(C2CCCC2)CC1. The third kappa shape index (κ3) is 4.20. The molecular formula is C26H46. The monoisotopic (exact) mass is 358 g/mol. The fraction of sp³-hybridized carbons (Fsp3) is 1.00. The van der Waals surface area contributed by atoms with E-state index in [1.165, 1.54) is 32.1 Å². The van der Waals surface area contributed by atoms with E-state index in [0.29, 0.717) is 0 Å². The van der Waals surface area contributed by atoms with Gasteiger partial charge in [0.05, 0.1) is 0 Å². The van der Waals surface area contributed by atoms with Gasteiger partial charge in [0.15, 0.2) is 0 Å². The summed E-state index contributed by atoms with van der Waals surface area (Å²) in [5, 5.41) is 0. The largest absolute Gasteiger partial charge is 0.0533 e. The lowest BCUT2D eigenvalue weighted by molar-refractivity contribution is -0.0319. The molecule has 0 bridgehead atoms. The molecule has 0 heteroatoms. The Bertz CT molecular complexity index is 390. The van der Waals surface area contributed by atoms with Crippen LogP contribution in [0.4, 0.5) is 0 Å². The van der Waals surface area contributed by atoms with Gasteiger partial charge in [-0.3, -0.25) is 0 Å². The first-order valence-corrected chi connectivity index (χ1v) is 12.9. The second-order valence-corrected chi connectivity index (χ2v) is 10.8. The molecule has 0 radical (unpaired) electrons. The standard InChI is InChI=1S/C26H46/c1-2-9-19-25(24(18-8-1)22-14-10-11-15-22)26(20-12-3-4-13-21-26)23-16-6-5-7-17-23/h22-25H,1-21H2. The van der Waals surface area contributed by atoms with Crippen LogP contribution in [0.15, 0.2) is 0 Å². The van der Waals surface area contributed by atoms with Crippen molar-refractivity contribution in [1.82, 2.24) is 0 Å². The van der Waals surface area contributed by atoms with E-state index in [1.54, 1.807) is 103 Å². The van der Waals surface area contributed by atoms with Crippen molar-refractivity contribution in [3.05, 3.63) is 0 Å². The quantitative estimate of drug-likeness (QED) is 0.442. The maximum atomic E-state index is 1.62. The molecule has 0 aromatic heterocycles. The highest BCUT2D eigenvalue weighted by molar-refractivity contribution is 4.98. The van der Waals surface area contributed by atoms with Gasteiger partial charge in [-0.25, -0.2) is 0 Å². The fourth-order valence-corrected chi connectivity index (χ4v) is 8.32. The van der Waals surface area contributed by atoms with E-state index in [4.69, 9.17) is 0 Å². The van der Waals surface area contributed by atoms with Crippen molar-refractivity contribution in [3.63, 3.8) is 0 Å². The average Bonchev–Trinajstić information content (AvgIpc) is 3.07. The van der Waals surface area contributed by atoms with Crippen LogP contribution in [0.25, 0.3) is 0 Å². The third-order valence-corrected chi connectivity index (χ3v) is 9.52. The summed E-state index contributed by atoms with van der Waals surface area (Å²) in [5.41, 5.74) is 0.765. The maximum Gasteiger partial charge on any atom is -0.0238 e. The molecule has 4 fully saturated rings. The summed E-state index contributed by atoms with van der Waals surface area (Å²) in [5.74, 6) is 4.43. The smallest absolute Gasteiger partial charge is 0.0238 e. The van der Waals surface area contributed by atoms with Crippen LogP contribution in [0.1, 0.15) is 135 Å². The molecule has 4 rings (SSSR count). The van der Waals surface area contributed by atoms with Gasteiger partial charge in [0.2, 0.25) is 0 Å². The minimum absolute atomic E-state index is 0.765. The van der Waals surface area contributed by atoms with Gasteiger partial charge in [0.25, 0.3) is 0 Å². The third-order valence-electron chi connectivity index (χ3n) is 9.52. The van der Waals surface area contributed by atoms with Crippen LogP contribution < -0.4 is 0 Å². The van der Waals surface area contributed by atoms with Crippen molar-refractivity contribution in [2.45, 2.75) is 135 Å². The van der Waals surface area contributed by atoms with E-state index in [0.717, 1.165) is 29.1 Å². The zero-order chi connectivity index (χ0) is 17.7. The molecule has 4 aliphatic carbocycles. The van der Waals surface area contributed by atoms with Crippen molar-refractivity contribution < 1.29 is 0 Å². The number of hydrogen-bond donors (Lipinski definition) is 0. The summed E-state index contributed by atoms with van der Waals surface area (Å²) in [6, 6.07) is 0. The Kier molecular flexibility index (Phi) is 7.04. The maximum absolute atomic E-state index is 1.62. The van der Waals surface area contributed by atoms with Crippen molar-refractivity contribution in [2.75, 3.05) is 0 Å². The molecule has 0 aromatic carbocycles. The van der Waals surface area contributed by atoms with Gasteiger partial charge in [-0.15, -0.1) is 0 Å². The lowest BCUT2D eigenvalue weighted by Crippen LogP contribution is -2.44. The Hall–Kier alpha value is 0. The van der Waals surface area contributed by atoms with Crippen LogP contribution in [-0.4, -0.2) is 0 Å². The minimum Gasteiger partial charge on any atom is -0.0533 e. The van der Waals surface area contributed by atoms with Gasteiger partial charge in [0.1, 0.15) is 0 Å². The van der Waals surface area contributed by atoms with Crippen LogP contribution >= 0.6 is 0 Å². The molecule has 0 aliphatic heterocycles. The predicted molar refractivity (Wildman–Crippen MR) is 113 cm³/mol. The zero-order valence-electron chi connectivity index (χ0n) is 17.7. The summed E-state index contributed by atoms with van der Waals surface area (Å²) in [6.07, 6.45) is 32.9. The lowest BCUT2D eigenvalue weighted by atomic mass is 9.52. The van der Waals surface area contributed by atoms with E-state index < -0.39 is 0 Å². The molecule has 0 heterocycles. The summed E-state index contributed by atoms with van der Waals surface area (Å²) < 4.78 is 0. The Morgan fingerprint density at radius 1 is 0.423 bits per heavy atom. The summed E-state index contributed by atoms with van der Waals surface area (Å²) in [4.78, 5) is 0. The lowest BCUT2D eigenvalue weighted by Gasteiger charge is -2.53. The number of hydrogen-bond acceptors (Lipinski definition) is 0. The molecule has 0 amide bonds. The van der Waals surface area contributed by atoms with E-state index in [1.807, 2.05) is 0 Å². The normalized spacial score (nSPS) is 35.5. The highest BCUT2D eigenvalue weighted by atomic mass is 14.5. The summed E-state index contributed by atoms with van der Waals surface area (Å²) in [6.45, 7) is 0. The van der Waals surface area contributed by atoms with E-state index in [9.17, 15) is 0 Å².